The highest BCUT2D eigenvalue weighted by Gasteiger charge is 2.40. The maximum Gasteiger partial charge on any atom is 0.423 e. The molecule has 0 saturated heterocycles. The number of fused-ring (bicyclic) bond motifs is 1. The summed E-state index contributed by atoms with van der Waals surface area (Å²) in [5, 5.41) is 3.94. The van der Waals surface area contributed by atoms with E-state index >= 15 is 0 Å². The second-order valence-corrected chi connectivity index (χ2v) is 14.0. The van der Waals surface area contributed by atoms with E-state index in [9.17, 15) is 18.0 Å². The lowest BCUT2D eigenvalue weighted by atomic mass is 10.2. The number of pyridine rings is 1. The van der Waals surface area contributed by atoms with E-state index < -0.39 is 25.4 Å². The Balaban J connectivity index is 1.85. The van der Waals surface area contributed by atoms with Gasteiger partial charge in [0.2, 0.25) is 5.88 Å². The number of rotatable bonds is 7. The Bertz CT molecular complexity index is 973. The van der Waals surface area contributed by atoms with Crippen LogP contribution in [0, 0.1) is 0 Å². The molecular weight excluding hydrogens is 417 g/mol. The molecule has 0 saturated carbocycles. The third-order valence-corrected chi connectivity index (χ3v) is 6.55. The summed E-state index contributed by atoms with van der Waals surface area (Å²) in [7, 11) is 0.123. The van der Waals surface area contributed by atoms with Crippen LogP contribution < -0.4 is 15.2 Å². The van der Waals surface area contributed by atoms with Gasteiger partial charge in [0.15, 0.2) is 0 Å². The fourth-order valence-corrected chi connectivity index (χ4v) is 3.91. The molecule has 0 unspecified atom stereocenters. The van der Waals surface area contributed by atoms with Gasteiger partial charge in [-0.3, -0.25) is 4.79 Å². The summed E-state index contributed by atoms with van der Waals surface area (Å²) in [5.74, 6) is 0.385. The van der Waals surface area contributed by atoms with Crippen molar-refractivity contribution in [2.24, 2.45) is 0 Å². The van der Waals surface area contributed by atoms with Crippen LogP contribution in [-0.2, 0) is 30.7 Å². The topological polar surface area (TPSA) is 69.5 Å². The van der Waals surface area contributed by atoms with Gasteiger partial charge in [0, 0.05) is 40.0 Å². The number of halogens is 3. The summed E-state index contributed by atoms with van der Waals surface area (Å²) >= 11 is 0. The highest BCUT2D eigenvalue weighted by atomic mass is 28.3. The number of anilines is 1. The van der Waals surface area contributed by atoms with Crippen LogP contribution in [0.5, 0.6) is 5.88 Å². The van der Waals surface area contributed by atoms with Crippen molar-refractivity contribution in [3.05, 3.63) is 45.5 Å². The Morgan fingerprint density at radius 3 is 2.50 bits per heavy atom. The molecule has 0 N–H and O–H groups in total. The van der Waals surface area contributed by atoms with E-state index in [-0.39, 0.29) is 25.5 Å². The van der Waals surface area contributed by atoms with Gasteiger partial charge in [-0.15, -0.1) is 0 Å². The maximum absolute atomic E-state index is 13.8. The molecule has 0 aliphatic carbocycles. The predicted molar refractivity (Wildman–Crippen MR) is 108 cm³/mol. The average Bonchev–Trinajstić information content (AvgIpc) is 3.07. The van der Waals surface area contributed by atoms with Gasteiger partial charge in [-0.05, 0) is 17.2 Å². The van der Waals surface area contributed by atoms with Crippen molar-refractivity contribution >= 4 is 13.8 Å². The first-order valence-electron chi connectivity index (χ1n) is 9.51. The first kappa shape index (κ1) is 22.3. The Morgan fingerprint density at radius 2 is 1.87 bits per heavy atom. The predicted octanol–water partition coefficient (Wildman–Crippen LogP) is 3.50. The third kappa shape index (κ3) is 5.01. The molecule has 0 bridgehead atoms. The molecule has 0 spiro atoms. The molecule has 0 fully saturated rings. The molecule has 1 aliphatic rings. The summed E-state index contributed by atoms with van der Waals surface area (Å²) in [6.07, 6.45) is -2.16. The fraction of sp³-hybridized carbons (Fsp3) is 0.526. The van der Waals surface area contributed by atoms with Crippen LogP contribution in [0.4, 0.5) is 18.9 Å². The van der Waals surface area contributed by atoms with Crippen LogP contribution in [-0.4, -0.2) is 36.6 Å². The molecule has 11 heteroatoms. The molecule has 2 aromatic heterocycles. The number of nitrogens with zero attached hydrogens (tertiary/aromatic N) is 4. The van der Waals surface area contributed by atoms with Gasteiger partial charge >= 0.3 is 6.18 Å². The first-order chi connectivity index (χ1) is 14.0. The molecular formula is C19H25F3N4O3Si. The molecule has 0 radical (unpaired) electrons. The zero-order valence-corrected chi connectivity index (χ0v) is 18.4. The minimum absolute atomic E-state index is 0.202. The van der Waals surface area contributed by atoms with Crippen molar-refractivity contribution < 1.29 is 22.6 Å². The summed E-state index contributed by atoms with van der Waals surface area (Å²) < 4.78 is 52.6. The molecule has 0 amide bonds. The van der Waals surface area contributed by atoms with E-state index in [0.717, 1.165) is 28.0 Å². The summed E-state index contributed by atoms with van der Waals surface area (Å²) in [6.45, 7) is 6.96. The van der Waals surface area contributed by atoms with Crippen LogP contribution in [0.3, 0.4) is 0 Å². The molecule has 0 atom stereocenters. The minimum Gasteiger partial charge on any atom is -0.481 e. The third-order valence-electron chi connectivity index (χ3n) is 4.85. The Hall–Kier alpha value is -2.40. The quantitative estimate of drug-likeness (QED) is 0.483. The highest BCUT2D eigenvalue weighted by Crippen LogP contribution is 2.37. The lowest BCUT2D eigenvalue weighted by Crippen LogP contribution is -2.34. The number of aromatic nitrogens is 3. The van der Waals surface area contributed by atoms with E-state index in [1.807, 2.05) is 0 Å². The standard InChI is InChI=1S/C19H25F3N4O3Si/c1-28-16-7-13-10-25(11-14(13)8-23-16)15-9-24-26(12-29-5-6-30(2,3)4)18(27)17(15)19(20,21)22/h7-9H,5-6,10-12H2,1-4H3. The van der Waals surface area contributed by atoms with Crippen molar-refractivity contribution in [1.82, 2.24) is 14.8 Å². The van der Waals surface area contributed by atoms with Crippen LogP contribution in [0.1, 0.15) is 16.7 Å². The van der Waals surface area contributed by atoms with Crippen LogP contribution in [0.2, 0.25) is 25.7 Å². The largest absolute Gasteiger partial charge is 0.481 e. The molecule has 7 nitrogen and oxygen atoms in total. The second kappa shape index (κ2) is 8.38. The smallest absolute Gasteiger partial charge is 0.423 e. The lowest BCUT2D eigenvalue weighted by Gasteiger charge is -2.22. The fourth-order valence-electron chi connectivity index (χ4n) is 3.15. The van der Waals surface area contributed by atoms with Crippen molar-refractivity contribution in [3.63, 3.8) is 0 Å². The van der Waals surface area contributed by atoms with Crippen LogP contribution >= 0.6 is 0 Å². The molecule has 3 heterocycles. The van der Waals surface area contributed by atoms with E-state index in [2.05, 4.69) is 29.7 Å². The van der Waals surface area contributed by atoms with E-state index in [1.165, 1.54) is 12.0 Å². The van der Waals surface area contributed by atoms with E-state index in [0.29, 0.717) is 12.5 Å². The van der Waals surface area contributed by atoms with Crippen molar-refractivity contribution in [3.8, 4) is 5.88 Å². The van der Waals surface area contributed by atoms with Crippen molar-refractivity contribution in [2.75, 3.05) is 18.6 Å². The van der Waals surface area contributed by atoms with Crippen molar-refractivity contribution in [2.45, 2.75) is 51.7 Å². The molecule has 1 aliphatic heterocycles. The zero-order chi connectivity index (χ0) is 22.1. The van der Waals surface area contributed by atoms with Gasteiger partial charge < -0.3 is 14.4 Å². The number of methoxy groups -OCH3 is 1. The normalized spacial score (nSPS) is 14.2. The van der Waals surface area contributed by atoms with Gasteiger partial charge in [0.05, 0.1) is 19.0 Å². The van der Waals surface area contributed by atoms with Crippen LogP contribution in [0.25, 0.3) is 0 Å². The maximum atomic E-state index is 13.8. The number of alkyl halides is 3. The number of hydrogen-bond donors (Lipinski definition) is 0. The molecule has 30 heavy (non-hydrogen) atoms. The zero-order valence-electron chi connectivity index (χ0n) is 17.4. The SMILES string of the molecule is COc1cc2c(cn1)CN(c1cnn(COCC[Si](C)(C)C)c(=O)c1C(F)(F)F)C2. The summed E-state index contributed by atoms with van der Waals surface area (Å²) in [4.78, 5) is 18.2. The Morgan fingerprint density at radius 1 is 1.17 bits per heavy atom. The molecule has 3 rings (SSSR count). The first-order valence-corrected chi connectivity index (χ1v) is 13.2. The van der Waals surface area contributed by atoms with Crippen molar-refractivity contribution in [1.29, 1.82) is 0 Å². The monoisotopic (exact) mass is 442 g/mol. The molecule has 0 aromatic carbocycles. The summed E-state index contributed by atoms with van der Waals surface area (Å²) in [5.41, 5.74) is -1.11. The van der Waals surface area contributed by atoms with E-state index in [1.54, 1.807) is 12.3 Å². The minimum atomic E-state index is -4.82. The van der Waals surface area contributed by atoms with Gasteiger partial charge in [0.25, 0.3) is 5.56 Å². The van der Waals surface area contributed by atoms with E-state index in [4.69, 9.17) is 9.47 Å². The van der Waals surface area contributed by atoms with Gasteiger partial charge in [-0.1, -0.05) is 19.6 Å². The second-order valence-electron chi connectivity index (χ2n) is 8.41. The lowest BCUT2D eigenvalue weighted by molar-refractivity contribution is -0.138. The van der Waals surface area contributed by atoms with Gasteiger partial charge in [-0.25, -0.2) is 9.67 Å². The van der Waals surface area contributed by atoms with Crippen LogP contribution in [0.15, 0.2) is 23.3 Å². The number of ether oxygens (including phenoxy) is 2. The molecule has 164 valence electrons. The molecule has 2 aromatic rings. The highest BCUT2D eigenvalue weighted by molar-refractivity contribution is 6.76. The van der Waals surface area contributed by atoms with Gasteiger partial charge in [0.1, 0.15) is 12.3 Å². The Kier molecular flexibility index (Phi) is 6.23. The number of hydrogen-bond acceptors (Lipinski definition) is 6. The summed E-state index contributed by atoms with van der Waals surface area (Å²) in [6, 6.07) is 2.53. The Labute approximate surface area is 173 Å². The van der Waals surface area contributed by atoms with Gasteiger partial charge in [-0.2, -0.15) is 18.3 Å². The average molecular weight is 443 g/mol.